The summed E-state index contributed by atoms with van der Waals surface area (Å²) in [5, 5.41) is 14.4. The number of nitrogens with one attached hydrogen (secondary N) is 1. The van der Waals surface area contributed by atoms with Crippen molar-refractivity contribution in [1.82, 2.24) is 10.2 Å². The molecular formula is C26H30Cl2N2O2. The smallest absolute Gasteiger partial charge is 0.224 e. The SMILES string of the molecule is C=CCN1CCC2(c3cccc(O)c3)CC(NC(=O)Cc3ccc(Cl)c(Cl)c3)CCC2C1. The van der Waals surface area contributed by atoms with Crippen LogP contribution < -0.4 is 5.32 Å². The maximum absolute atomic E-state index is 12.8. The lowest BCUT2D eigenvalue weighted by Gasteiger charge is -2.53. The number of hydrogen-bond acceptors (Lipinski definition) is 3. The van der Waals surface area contributed by atoms with Crippen molar-refractivity contribution in [3.63, 3.8) is 0 Å². The van der Waals surface area contributed by atoms with Gasteiger partial charge in [-0.3, -0.25) is 9.69 Å². The molecule has 4 nitrogen and oxygen atoms in total. The Bertz CT molecular complexity index is 996. The molecule has 0 radical (unpaired) electrons. The zero-order valence-electron chi connectivity index (χ0n) is 18.2. The van der Waals surface area contributed by atoms with Gasteiger partial charge in [0.2, 0.25) is 5.91 Å². The molecule has 2 N–H and O–H groups in total. The fourth-order valence-electron chi connectivity index (χ4n) is 5.62. The minimum Gasteiger partial charge on any atom is -0.508 e. The highest BCUT2D eigenvalue weighted by Crippen LogP contribution is 2.49. The van der Waals surface area contributed by atoms with Gasteiger partial charge in [0.1, 0.15) is 5.75 Å². The lowest BCUT2D eigenvalue weighted by molar-refractivity contribution is -0.121. The first-order valence-electron chi connectivity index (χ1n) is 11.3. The van der Waals surface area contributed by atoms with Gasteiger partial charge in [-0.05, 0) is 73.5 Å². The zero-order chi connectivity index (χ0) is 22.7. The van der Waals surface area contributed by atoms with Gasteiger partial charge in [0.05, 0.1) is 16.5 Å². The second-order valence-corrected chi connectivity index (χ2v) is 9.99. The first-order chi connectivity index (χ1) is 15.4. The number of hydrogen-bond donors (Lipinski definition) is 2. The van der Waals surface area contributed by atoms with Crippen LogP contribution in [0.3, 0.4) is 0 Å². The standard InChI is InChI=1S/C26H30Cl2N2O2/c1-2-11-30-12-10-26(19-4-3-5-22(31)15-19)16-21(8-7-20(26)17-30)29-25(32)14-18-6-9-23(27)24(28)13-18/h2-6,9,13,15,20-21,31H,1,7-8,10-12,14,16-17H2,(H,29,32). The Morgan fingerprint density at radius 3 is 2.81 bits per heavy atom. The van der Waals surface area contributed by atoms with E-state index >= 15 is 0 Å². The maximum atomic E-state index is 12.8. The van der Waals surface area contributed by atoms with E-state index in [1.54, 1.807) is 18.2 Å². The van der Waals surface area contributed by atoms with E-state index < -0.39 is 0 Å². The summed E-state index contributed by atoms with van der Waals surface area (Å²) in [6, 6.07) is 13.1. The van der Waals surface area contributed by atoms with Crippen molar-refractivity contribution in [3.8, 4) is 5.75 Å². The molecule has 0 aromatic heterocycles. The average molecular weight is 473 g/mol. The third-order valence-corrected chi connectivity index (χ3v) is 7.87. The largest absolute Gasteiger partial charge is 0.508 e. The monoisotopic (exact) mass is 472 g/mol. The number of rotatable bonds is 6. The van der Waals surface area contributed by atoms with Crippen LogP contribution in [0.4, 0.5) is 0 Å². The lowest BCUT2D eigenvalue weighted by atomic mass is 9.58. The predicted molar refractivity (Wildman–Crippen MR) is 130 cm³/mol. The van der Waals surface area contributed by atoms with E-state index in [0.29, 0.717) is 21.7 Å². The molecule has 3 unspecified atom stereocenters. The Labute approximate surface area is 200 Å². The topological polar surface area (TPSA) is 52.6 Å². The van der Waals surface area contributed by atoms with Gasteiger partial charge in [0.25, 0.3) is 0 Å². The molecule has 1 aliphatic heterocycles. The zero-order valence-corrected chi connectivity index (χ0v) is 19.7. The number of carbonyl (C=O) groups is 1. The molecule has 6 heteroatoms. The number of aromatic hydroxyl groups is 1. The normalized spacial score (nSPS) is 25.7. The van der Waals surface area contributed by atoms with Crippen LogP contribution in [0.15, 0.2) is 55.1 Å². The Balaban J connectivity index is 1.50. The fourth-order valence-corrected chi connectivity index (χ4v) is 5.94. The van der Waals surface area contributed by atoms with Gasteiger partial charge in [0, 0.05) is 24.5 Å². The molecule has 1 saturated carbocycles. The molecule has 2 aromatic rings. The second kappa shape index (κ2) is 9.86. The Hall–Kier alpha value is -2.01. The average Bonchev–Trinajstić information content (AvgIpc) is 2.76. The Kier molecular flexibility index (Phi) is 7.14. The fraction of sp³-hybridized carbons (Fsp3) is 0.423. The number of fused-ring (bicyclic) bond motifs is 1. The van der Waals surface area contributed by atoms with E-state index in [0.717, 1.165) is 50.9 Å². The summed E-state index contributed by atoms with van der Waals surface area (Å²) >= 11 is 12.1. The molecule has 1 amide bonds. The first kappa shape index (κ1) is 23.2. The number of piperidine rings is 1. The van der Waals surface area contributed by atoms with Crippen LogP contribution in [0.5, 0.6) is 5.75 Å². The number of phenolic OH excluding ortho intramolecular Hbond substituents is 1. The molecule has 2 fully saturated rings. The minimum absolute atomic E-state index is 0.00184. The summed E-state index contributed by atoms with van der Waals surface area (Å²) in [6.45, 7) is 6.80. The Morgan fingerprint density at radius 2 is 2.06 bits per heavy atom. The number of carbonyl (C=O) groups excluding carboxylic acids is 1. The van der Waals surface area contributed by atoms with E-state index in [9.17, 15) is 9.90 Å². The summed E-state index contributed by atoms with van der Waals surface area (Å²) in [5.74, 6) is 0.790. The van der Waals surface area contributed by atoms with Gasteiger partial charge in [-0.25, -0.2) is 0 Å². The van der Waals surface area contributed by atoms with Crippen LogP contribution in [-0.2, 0) is 16.6 Å². The maximum Gasteiger partial charge on any atom is 0.224 e. The molecule has 2 aliphatic rings. The molecule has 1 aliphatic carbocycles. The van der Waals surface area contributed by atoms with Crippen molar-refractivity contribution < 1.29 is 9.90 Å². The van der Waals surface area contributed by atoms with E-state index in [1.165, 1.54) is 5.56 Å². The van der Waals surface area contributed by atoms with E-state index in [2.05, 4.69) is 22.9 Å². The molecular weight excluding hydrogens is 443 g/mol. The van der Waals surface area contributed by atoms with Crippen LogP contribution in [-0.4, -0.2) is 41.6 Å². The predicted octanol–water partition coefficient (Wildman–Crippen LogP) is 5.36. The van der Waals surface area contributed by atoms with Crippen LogP contribution in [0.25, 0.3) is 0 Å². The molecule has 4 rings (SSSR count). The molecule has 0 spiro atoms. The lowest BCUT2D eigenvalue weighted by Crippen LogP contribution is -2.56. The molecule has 0 bridgehead atoms. The molecule has 1 heterocycles. The number of amides is 1. The minimum atomic E-state index is -0.0454. The van der Waals surface area contributed by atoms with E-state index in [4.69, 9.17) is 23.2 Å². The number of halogens is 2. The summed E-state index contributed by atoms with van der Waals surface area (Å²) in [4.78, 5) is 15.3. The van der Waals surface area contributed by atoms with Crippen molar-refractivity contribution in [3.05, 3.63) is 76.3 Å². The van der Waals surface area contributed by atoms with Gasteiger partial charge in [-0.15, -0.1) is 6.58 Å². The number of nitrogens with zero attached hydrogens (tertiary/aromatic N) is 1. The van der Waals surface area contributed by atoms with Gasteiger partial charge in [0.15, 0.2) is 0 Å². The highest BCUT2D eigenvalue weighted by atomic mass is 35.5. The van der Waals surface area contributed by atoms with Crippen molar-refractivity contribution >= 4 is 29.1 Å². The van der Waals surface area contributed by atoms with Gasteiger partial charge >= 0.3 is 0 Å². The molecule has 2 aromatic carbocycles. The molecule has 170 valence electrons. The first-order valence-corrected chi connectivity index (χ1v) is 12.0. The summed E-state index contributed by atoms with van der Waals surface area (Å²) in [5.41, 5.74) is 1.99. The van der Waals surface area contributed by atoms with Crippen LogP contribution in [0, 0.1) is 5.92 Å². The van der Waals surface area contributed by atoms with E-state index in [1.807, 2.05) is 24.3 Å². The molecule has 3 atom stereocenters. The third kappa shape index (κ3) is 4.98. The van der Waals surface area contributed by atoms with Crippen molar-refractivity contribution in [2.24, 2.45) is 5.92 Å². The highest BCUT2D eigenvalue weighted by Gasteiger charge is 2.48. The van der Waals surface area contributed by atoms with Crippen molar-refractivity contribution in [2.75, 3.05) is 19.6 Å². The van der Waals surface area contributed by atoms with Crippen molar-refractivity contribution in [2.45, 2.75) is 43.6 Å². The highest BCUT2D eigenvalue weighted by molar-refractivity contribution is 6.42. The molecule has 1 saturated heterocycles. The number of benzene rings is 2. The van der Waals surface area contributed by atoms with Crippen LogP contribution in [0.2, 0.25) is 10.0 Å². The van der Waals surface area contributed by atoms with E-state index in [-0.39, 0.29) is 23.8 Å². The second-order valence-electron chi connectivity index (χ2n) is 9.17. The van der Waals surface area contributed by atoms with Gasteiger partial charge in [-0.2, -0.15) is 0 Å². The third-order valence-electron chi connectivity index (χ3n) is 7.13. The quantitative estimate of drug-likeness (QED) is 0.556. The number of phenols is 1. The van der Waals surface area contributed by atoms with Crippen molar-refractivity contribution in [1.29, 1.82) is 0 Å². The Morgan fingerprint density at radius 1 is 1.22 bits per heavy atom. The van der Waals surface area contributed by atoms with Gasteiger partial charge < -0.3 is 10.4 Å². The summed E-state index contributed by atoms with van der Waals surface area (Å²) in [6.07, 6.45) is 6.14. The summed E-state index contributed by atoms with van der Waals surface area (Å²) < 4.78 is 0. The van der Waals surface area contributed by atoms with Crippen LogP contribution >= 0.6 is 23.2 Å². The van der Waals surface area contributed by atoms with Crippen LogP contribution in [0.1, 0.15) is 36.8 Å². The van der Waals surface area contributed by atoms with Gasteiger partial charge in [-0.1, -0.05) is 47.5 Å². The number of likely N-dealkylation sites (tertiary alicyclic amines) is 1. The molecule has 32 heavy (non-hydrogen) atoms. The summed E-state index contributed by atoms with van der Waals surface area (Å²) in [7, 11) is 0.